The highest BCUT2D eigenvalue weighted by Gasteiger charge is 2.46. The summed E-state index contributed by atoms with van der Waals surface area (Å²) >= 11 is 0. The van der Waals surface area contributed by atoms with Crippen molar-refractivity contribution in [2.45, 2.75) is 38.0 Å². The minimum absolute atomic E-state index is 0.0830. The van der Waals surface area contributed by atoms with E-state index in [1.165, 1.54) is 12.0 Å². The number of nitrogens with two attached hydrogens (primary N) is 1. The van der Waals surface area contributed by atoms with Crippen LogP contribution in [0.4, 0.5) is 13.2 Å². The highest BCUT2D eigenvalue weighted by atomic mass is 19.4. The van der Waals surface area contributed by atoms with Crippen LogP contribution >= 0.6 is 0 Å². The number of hydrogen-bond acceptors (Lipinski definition) is 3. The predicted molar refractivity (Wildman–Crippen MR) is 59.7 cm³/mol. The lowest BCUT2D eigenvalue weighted by Gasteiger charge is -2.36. The fraction of sp³-hybridized carbons (Fsp3) is 1.00. The third kappa shape index (κ3) is 4.12. The van der Waals surface area contributed by atoms with Crippen LogP contribution in [0.3, 0.4) is 0 Å². The summed E-state index contributed by atoms with van der Waals surface area (Å²) in [5.74, 6) is 0.378. The maximum Gasteiger partial charge on any atom is 0.405 e. The van der Waals surface area contributed by atoms with E-state index in [1.54, 1.807) is 0 Å². The van der Waals surface area contributed by atoms with Gasteiger partial charge < -0.3 is 10.5 Å². The molecule has 6 heteroatoms. The van der Waals surface area contributed by atoms with Gasteiger partial charge in [0.1, 0.15) is 6.04 Å². The molecule has 2 atom stereocenters. The minimum atomic E-state index is -4.27. The lowest BCUT2D eigenvalue weighted by Crippen LogP contribution is -2.55. The first-order chi connectivity index (χ1) is 7.91. The molecule has 0 aromatic heterocycles. The molecule has 0 heterocycles. The number of ether oxygens (including phenoxy) is 1. The van der Waals surface area contributed by atoms with E-state index in [0.717, 1.165) is 12.8 Å². The first kappa shape index (κ1) is 14.7. The molecule has 0 saturated heterocycles. The van der Waals surface area contributed by atoms with Crippen LogP contribution < -0.4 is 5.73 Å². The Morgan fingerprint density at radius 3 is 2.35 bits per heavy atom. The fourth-order valence-electron chi connectivity index (χ4n) is 2.15. The molecule has 3 nitrogen and oxygen atoms in total. The predicted octanol–water partition coefficient (Wildman–Crippen LogP) is 1.62. The summed E-state index contributed by atoms with van der Waals surface area (Å²) < 4.78 is 43.5. The second-order valence-corrected chi connectivity index (χ2v) is 4.60. The number of methoxy groups -OCH3 is 1. The van der Waals surface area contributed by atoms with Gasteiger partial charge in [0.15, 0.2) is 0 Å². The Morgan fingerprint density at radius 2 is 2.00 bits per heavy atom. The quantitative estimate of drug-likeness (QED) is 0.750. The van der Waals surface area contributed by atoms with Crippen molar-refractivity contribution < 1.29 is 17.9 Å². The second-order valence-electron chi connectivity index (χ2n) is 4.60. The van der Waals surface area contributed by atoms with Gasteiger partial charge in [-0.2, -0.15) is 13.2 Å². The molecule has 0 radical (unpaired) electrons. The molecule has 1 aliphatic rings. The third-order valence-corrected chi connectivity index (χ3v) is 3.38. The van der Waals surface area contributed by atoms with Crippen molar-refractivity contribution in [2.75, 3.05) is 26.8 Å². The van der Waals surface area contributed by atoms with Crippen LogP contribution in [0.25, 0.3) is 0 Å². The maximum absolute atomic E-state index is 12.9. The van der Waals surface area contributed by atoms with Crippen LogP contribution in [0.2, 0.25) is 0 Å². The van der Waals surface area contributed by atoms with Crippen molar-refractivity contribution in [3.63, 3.8) is 0 Å². The summed E-state index contributed by atoms with van der Waals surface area (Å²) in [5, 5.41) is 0. The monoisotopic (exact) mass is 254 g/mol. The summed E-state index contributed by atoms with van der Waals surface area (Å²) in [4.78, 5) is 1.45. The fourth-order valence-corrected chi connectivity index (χ4v) is 2.15. The molecule has 2 unspecified atom stereocenters. The molecule has 102 valence electrons. The Morgan fingerprint density at radius 1 is 1.41 bits per heavy atom. The topological polar surface area (TPSA) is 38.5 Å². The molecule has 0 bridgehead atoms. The summed E-state index contributed by atoms with van der Waals surface area (Å²) in [6, 6.07) is -1.64. The zero-order valence-corrected chi connectivity index (χ0v) is 10.3. The average molecular weight is 254 g/mol. The lowest BCUT2D eigenvalue weighted by atomic mass is 10.1. The zero-order chi connectivity index (χ0) is 13.1. The highest BCUT2D eigenvalue weighted by Crippen LogP contribution is 2.37. The van der Waals surface area contributed by atoms with E-state index in [4.69, 9.17) is 10.5 Å². The molecular weight excluding hydrogens is 233 g/mol. The first-order valence-corrected chi connectivity index (χ1v) is 5.93. The number of rotatable bonds is 7. The third-order valence-electron chi connectivity index (χ3n) is 3.38. The van der Waals surface area contributed by atoms with E-state index in [-0.39, 0.29) is 12.6 Å². The van der Waals surface area contributed by atoms with Gasteiger partial charge in [0, 0.05) is 26.2 Å². The molecule has 1 rings (SSSR count). The van der Waals surface area contributed by atoms with Crippen LogP contribution in [0.15, 0.2) is 0 Å². The molecule has 1 fully saturated rings. The van der Waals surface area contributed by atoms with E-state index < -0.39 is 18.8 Å². The molecule has 0 aromatic carbocycles. The lowest BCUT2D eigenvalue weighted by molar-refractivity contribution is -0.188. The van der Waals surface area contributed by atoms with Crippen LogP contribution in [-0.2, 0) is 4.74 Å². The van der Waals surface area contributed by atoms with Crippen LogP contribution in [-0.4, -0.2) is 50.0 Å². The molecule has 1 saturated carbocycles. The SMILES string of the molecule is COCCN(C(C)C1CC1)C(CN)C(F)(F)F. The van der Waals surface area contributed by atoms with Gasteiger partial charge in [-0.05, 0) is 25.7 Å². The van der Waals surface area contributed by atoms with Crippen molar-refractivity contribution in [1.82, 2.24) is 4.90 Å². The van der Waals surface area contributed by atoms with Gasteiger partial charge in [-0.1, -0.05) is 0 Å². The summed E-state index contributed by atoms with van der Waals surface area (Å²) in [6.45, 7) is 2.02. The molecule has 0 spiro atoms. The molecular formula is C11H21F3N2O. The number of nitrogens with zero attached hydrogens (tertiary/aromatic N) is 1. The van der Waals surface area contributed by atoms with Gasteiger partial charge in [-0.15, -0.1) is 0 Å². The Hall–Kier alpha value is -0.330. The van der Waals surface area contributed by atoms with E-state index in [2.05, 4.69) is 0 Å². The van der Waals surface area contributed by atoms with Gasteiger partial charge in [0.25, 0.3) is 0 Å². The summed E-state index contributed by atoms with van der Waals surface area (Å²) in [7, 11) is 1.49. The van der Waals surface area contributed by atoms with Crippen LogP contribution in [0.1, 0.15) is 19.8 Å². The standard InChI is InChI=1S/C11H21F3N2O/c1-8(9-3-4-9)16(5-6-17-2)10(7-15)11(12,13)14/h8-10H,3-7,15H2,1-2H3. The van der Waals surface area contributed by atoms with E-state index in [9.17, 15) is 13.2 Å². The first-order valence-electron chi connectivity index (χ1n) is 5.93. The minimum Gasteiger partial charge on any atom is -0.383 e. The Bertz CT molecular complexity index is 231. The summed E-state index contributed by atoms with van der Waals surface area (Å²) in [6.07, 6.45) is -2.24. The molecule has 0 aliphatic heterocycles. The van der Waals surface area contributed by atoms with Crippen molar-refractivity contribution in [2.24, 2.45) is 11.7 Å². The highest BCUT2D eigenvalue weighted by molar-refractivity contribution is 4.91. The molecule has 0 aromatic rings. The zero-order valence-electron chi connectivity index (χ0n) is 10.3. The van der Waals surface area contributed by atoms with Gasteiger partial charge in [0.2, 0.25) is 0 Å². The van der Waals surface area contributed by atoms with E-state index in [0.29, 0.717) is 12.5 Å². The maximum atomic E-state index is 12.9. The number of halogens is 3. The number of hydrogen-bond donors (Lipinski definition) is 1. The summed E-state index contributed by atoms with van der Waals surface area (Å²) in [5.41, 5.74) is 5.29. The van der Waals surface area contributed by atoms with Gasteiger partial charge in [0.05, 0.1) is 6.61 Å². The molecule has 1 aliphatic carbocycles. The van der Waals surface area contributed by atoms with Crippen molar-refractivity contribution in [3.05, 3.63) is 0 Å². The van der Waals surface area contributed by atoms with Crippen molar-refractivity contribution in [1.29, 1.82) is 0 Å². The molecule has 2 N–H and O–H groups in total. The van der Waals surface area contributed by atoms with Crippen LogP contribution in [0, 0.1) is 5.92 Å². The average Bonchev–Trinajstić information content (AvgIpc) is 3.04. The van der Waals surface area contributed by atoms with Gasteiger partial charge >= 0.3 is 6.18 Å². The van der Waals surface area contributed by atoms with Crippen molar-refractivity contribution in [3.8, 4) is 0 Å². The van der Waals surface area contributed by atoms with E-state index >= 15 is 0 Å². The smallest absolute Gasteiger partial charge is 0.383 e. The van der Waals surface area contributed by atoms with Crippen molar-refractivity contribution >= 4 is 0 Å². The number of alkyl halides is 3. The largest absolute Gasteiger partial charge is 0.405 e. The Labute approximate surface area is 100 Å². The normalized spacial score (nSPS) is 20.6. The van der Waals surface area contributed by atoms with Gasteiger partial charge in [-0.25, -0.2) is 0 Å². The van der Waals surface area contributed by atoms with E-state index in [1.807, 2.05) is 6.92 Å². The van der Waals surface area contributed by atoms with Crippen LogP contribution in [0.5, 0.6) is 0 Å². The second kappa shape index (κ2) is 6.02. The Kier molecular flexibility index (Phi) is 5.22. The Balaban J connectivity index is 2.71. The molecule has 17 heavy (non-hydrogen) atoms. The molecule has 0 amide bonds. The van der Waals surface area contributed by atoms with Gasteiger partial charge in [-0.3, -0.25) is 4.90 Å².